The molecule has 1 N–H and O–H groups in total. The van der Waals surface area contributed by atoms with Gasteiger partial charge in [0.2, 0.25) is 0 Å². The van der Waals surface area contributed by atoms with Gasteiger partial charge in [-0.3, -0.25) is 14.3 Å². The van der Waals surface area contributed by atoms with E-state index in [2.05, 4.69) is 15.4 Å². The van der Waals surface area contributed by atoms with E-state index in [1.165, 1.54) is 7.11 Å². The first kappa shape index (κ1) is 9.73. The molecule has 1 rings (SSSR count). The van der Waals surface area contributed by atoms with Gasteiger partial charge in [-0.2, -0.15) is 5.10 Å². The van der Waals surface area contributed by atoms with Crippen molar-refractivity contribution in [1.29, 1.82) is 0 Å². The molecule has 13 heavy (non-hydrogen) atoms. The summed E-state index contributed by atoms with van der Waals surface area (Å²) in [7, 11) is 1.40. The Morgan fingerprint density at radius 1 is 1.69 bits per heavy atom. The molecule has 0 saturated heterocycles. The highest BCUT2D eigenvalue weighted by molar-refractivity contribution is 5.91. The molecule has 1 heterocycles. The van der Waals surface area contributed by atoms with Crippen molar-refractivity contribution < 1.29 is 9.63 Å². The number of hydrogen-bond acceptors (Lipinski definition) is 3. The van der Waals surface area contributed by atoms with Crippen LogP contribution < -0.4 is 5.48 Å². The molecule has 0 aliphatic rings. The standard InChI is InChI=1S/C8H13N3O2/c1-6(2)11-7(4-5-9-11)8(12)10-13-3/h4-6H,1-3H3,(H,10,12). The Labute approximate surface area is 76.6 Å². The fourth-order valence-corrected chi connectivity index (χ4v) is 1.05. The van der Waals surface area contributed by atoms with Crippen LogP contribution in [0, 0.1) is 0 Å². The highest BCUT2D eigenvalue weighted by atomic mass is 16.6. The van der Waals surface area contributed by atoms with Gasteiger partial charge < -0.3 is 0 Å². The normalized spacial score (nSPS) is 10.5. The zero-order chi connectivity index (χ0) is 9.84. The third-order valence-electron chi connectivity index (χ3n) is 1.59. The molecule has 1 aromatic rings. The first-order valence-corrected chi connectivity index (χ1v) is 4.03. The van der Waals surface area contributed by atoms with E-state index in [0.717, 1.165) is 0 Å². The molecular formula is C8H13N3O2. The zero-order valence-electron chi connectivity index (χ0n) is 7.94. The van der Waals surface area contributed by atoms with Gasteiger partial charge >= 0.3 is 0 Å². The van der Waals surface area contributed by atoms with Gasteiger partial charge in [0.1, 0.15) is 5.69 Å². The van der Waals surface area contributed by atoms with Crippen molar-refractivity contribution in [2.24, 2.45) is 0 Å². The molecule has 0 saturated carbocycles. The average Bonchev–Trinajstić information content (AvgIpc) is 2.52. The maximum Gasteiger partial charge on any atom is 0.293 e. The van der Waals surface area contributed by atoms with Gasteiger partial charge in [0.25, 0.3) is 5.91 Å². The lowest BCUT2D eigenvalue weighted by molar-refractivity contribution is 0.0525. The van der Waals surface area contributed by atoms with Gasteiger partial charge in [-0.15, -0.1) is 0 Å². The SMILES string of the molecule is CONC(=O)c1ccnn1C(C)C. The van der Waals surface area contributed by atoms with Crippen LogP contribution in [-0.4, -0.2) is 22.8 Å². The average molecular weight is 183 g/mol. The molecular weight excluding hydrogens is 170 g/mol. The van der Waals surface area contributed by atoms with Crippen molar-refractivity contribution in [2.75, 3.05) is 7.11 Å². The van der Waals surface area contributed by atoms with Gasteiger partial charge in [-0.25, -0.2) is 5.48 Å². The fourth-order valence-electron chi connectivity index (χ4n) is 1.05. The lowest BCUT2D eigenvalue weighted by atomic mass is 10.3. The van der Waals surface area contributed by atoms with Crippen molar-refractivity contribution in [3.05, 3.63) is 18.0 Å². The van der Waals surface area contributed by atoms with E-state index in [1.54, 1.807) is 16.9 Å². The Kier molecular flexibility index (Phi) is 3.02. The monoisotopic (exact) mass is 183 g/mol. The van der Waals surface area contributed by atoms with E-state index in [4.69, 9.17) is 0 Å². The largest absolute Gasteiger partial charge is 0.293 e. The van der Waals surface area contributed by atoms with E-state index >= 15 is 0 Å². The topological polar surface area (TPSA) is 56.1 Å². The fraction of sp³-hybridized carbons (Fsp3) is 0.500. The first-order chi connectivity index (χ1) is 6.16. The molecule has 0 bridgehead atoms. The summed E-state index contributed by atoms with van der Waals surface area (Å²) >= 11 is 0. The Morgan fingerprint density at radius 3 is 2.92 bits per heavy atom. The first-order valence-electron chi connectivity index (χ1n) is 4.03. The minimum absolute atomic E-state index is 0.160. The van der Waals surface area contributed by atoms with Crippen LogP contribution in [0.5, 0.6) is 0 Å². The van der Waals surface area contributed by atoms with Crippen LogP contribution in [0.15, 0.2) is 12.3 Å². The summed E-state index contributed by atoms with van der Waals surface area (Å²) in [6.07, 6.45) is 1.59. The molecule has 5 heteroatoms. The maximum atomic E-state index is 11.3. The molecule has 0 fully saturated rings. The van der Waals surface area contributed by atoms with Crippen molar-refractivity contribution in [3.8, 4) is 0 Å². The molecule has 72 valence electrons. The Hall–Kier alpha value is -1.36. The highest BCUT2D eigenvalue weighted by Gasteiger charge is 2.12. The number of carbonyl (C=O) groups is 1. The number of nitrogens with one attached hydrogen (secondary N) is 1. The van der Waals surface area contributed by atoms with Gasteiger partial charge in [0, 0.05) is 12.2 Å². The number of aromatic nitrogens is 2. The summed E-state index contributed by atoms with van der Waals surface area (Å²) in [4.78, 5) is 15.9. The molecule has 1 aromatic heterocycles. The van der Waals surface area contributed by atoms with Crippen LogP contribution >= 0.6 is 0 Å². The van der Waals surface area contributed by atoms with E-state index in [0.29, 0.717) is 5.69 Å². The predicted molar refractivity (Wildman–Crippen MR) is 47.1 cm³/mol. The van der Waals surface area contributed by atoms with Crippen LogP contribution in [-0.2, 0) is 4.84 Å². The van der Waals surface area contributed by atoms with Crippen LogP contribution in [0.1, 0.15) is 30.4 Å². The summed E-state index contributed by atoms with van der Waals surface area (Å²) in [5.74, 6) is -0.284. The highest BCUT2D eigenvalue weighted by Crippen LogP contribution is 2.07. The quantitative estimate of drug-likeness (QED) is 0.704. The number of hydrogen-bond donors (Lipinski definition) is 1. The van der Waals surface area contributed by atoms with Crippen LogP contribution in [0.2, 0.25) is 0 Å². The number of carbonyl (C=O) groups excluding carboxylic acids is 1. The molecule has 0 aromatic carbocycles. The second-order valence-corrected chi connectivity index (χ2v) is 2.89. The molecule has 0 spiro atoms. The summed E-state index contributed by atoms with van der Waals surface area (Å²) in [5.41, 5.74) is 2.74. The van der Waals surface area contributed by atoms with E-state index < -0.39 is 0 Å². The molecule has 0 aliphatic carbocycles. The second kappa shape index (κ2) is 4.04. The number of hydroxylamine groups is 1. The summed E-state index contributed by atoms with van der Waals surface area (Å²) < 4.78 is 1.63. The smallest absolute Gasteiger partial charge is 0.277 e. The molecule has 5 nitrogen and oxygen atoms in total. The van der Waals surface area contributed by atoms with Crippen molar-refractivity contribution in [1.82, 2.24) is 15.3 Å². The Balaban J connectivity index is 2.87. The number of amides is 1. The Bertz CT molecular complexity index is 293. The van der Waals surface area contributed by atoms with Gasteiger partial charge in [0.15, 0.2) is 0 Å². The predicted octanol–water partition coefficient (Wildman–Crippen LogP) is 0.755. The van der Waals surface area contributed by atoms with Gasteiger partial charge in [-0.1, -0.05) is 0 Å². The van der Waals surface area contributed by atoms with Crippen LogP contribution in [0.4, 0.5) is 0 Å². The van der Waals surface area contributed by atoms with Gasteiger partial charge in [0.05, 0.1) is 7.11 Å². The maximum absolute atomic E-state index is 11.3. The lowest BCUT2D eigenvalue weighted by Gasteiger charge is -2.09. The van der Waals surface area contributed by atoms with E-state index in [9.17, 15) is 4.79 Å². The lowest BCUT2D eigenvalue weighted by Crippen LogP contribution is -2.25. The molecule has 0 aliphatic heterocycles. The summed E-state index contributed by atoms with van der Waals surface area (Å²) in [6.45, 7) is 3.91. The van der Waals surface area contributed by atoms with Crippen molar-refractivity contribution in [3.63, 3.8) is 0 Å². The number of nitrogens with zero attached hydrogens (tertiary/aromatic N) is 2. The van der Waals surface area contributed by atoms with Crippen molar-refractivity contribution in [2.45, 2.75) is 19.9 Å². The van der Waals surface area contributed by atoms with E-state index in [-0.39, 0.29) is 11.9 Å². The van der Waals surface area contributed by atoms with Crippen molar-refractivity contribution >= 4 is 5.91 Å². The van der Waals surface area contributed by atoms with Crippen LogP contribution in [0.3, 0.4) is 0 Å². The third-order valence-corrected chi connectivity index (χ3v) is 1.59. The Morgan fingerprint density at radius 2 is 2.38 bits per heavy atom. The molecule has 1 amide bonds. The van der Waals surface area contributed by atoms with E-state index in [1.807, 2.05) is 13.8 Å². The minimum atomic E-state index is -0.284. The molecule has 0 atom stereocenters. The van der Waals surface area contributed by atoms with Gasteiger partial charge in [-0.05, 0) is 19.9 Å². The third kappa shape index (κ3) is 2.06. The van der Waals surface area contributed by atoms with Crippen LogP contribution in [0.25, 0.3) is 0 Å². The summed E-state index contributed by atoms with van der Waals surface area (Å²) in [5, 5.41) is 4.02. The second-order valence-electron chi connectivity index (χ2n) is 2.89. The molecule has 0 unspecified atom stereocenters. The zero-order valence-corrected chi connectivity index (χ0v) is 7.94. The minimum Gasteiger partial charge on any atom is -0.277 e. The number of rotatable bonds is 3. The summed E-state index contributed by atoms with van der Waals surface area (Å²) in [6, 6.07) is 1.81. The molecule has 0 radical (unpaired) electrons.